The average Bonchev–Trinajstić information content (AvgIpc) is 2.67. The molecule has 2 aliphatic rings. The van der Waals surface area contributed by atoms with E-state index in [2.05, 4.69) is 0 Å². The van der Waals surface area contributed by atoms with E-state index in [4.69, 9.17) is 5.14 Å². The number of benzene rings is 2. The van der Waals surface area contributed by atoms with E-state index < -0.39 is 10.0 Å². The number of aryl methyl sites for hydroxylation is 1. The number of anilines is 1. The molecule has 0 saturated heterocycles. The molecular formula is C22H22N2O4S. The minimum absolute atomic E-state index is 0.0164. The topological polar surface area (TPSA) is 97.5 Å². The molecule has 0 aromatic heterocycles. The van der Waals surface area contributed by atoms with E-state index in [0.29, 0.717) is 30.5 Å². The van der Waals surface area contributed by atoms with Crippen molar-refractivity contribution in [1.29, 1.82) is 0 Å². The molecule has 1 aliphatic heterocycles. The molecule has 0 saturated carbocycles. The van der Waals surface area contributed by atoms with E-state index in [9.17, 15) is 18.0 Å². The summed E-state index contributed by atoms with van der Waals surface area (Å²) in [7, 11) is -3.81. The van der Waals surface area contributed by atoms with Crippen molar-refractivity contribution in [2.45, 2.75) is 43.4 Å². The Morgan fingerprint density at radius 2 is 1.76 bits per heavy atom. The summed E-state index contributed by atoms with van der Waals surface area (Å²) in [6.45, 7) is 1.99. The van der Waals surface area contributed by atoms with Crippen LogP contribution in [0.25, 0.3) is 0 Å². The largest absolute Gasteiger partial charge is 0.294 e. The first-order chi connectivity index (χ1) is 13.8. The first-order valence-electron chi connectivity index (χ1n) is 9.54. The molecule has 1 atom stereocenters. The molecule has 2 N–H and O–H groups in total. The lowest BCUT2D eigenvalue weighted by molar-refractivity contribution is -0.119. The SMILES string of the molecule is Cc1cccc(C2CC(=O)N(c3ccc(S(N)(=O)=O)cc3)C3=C2C(=O)CCC3)c1. The van der Waals surface area contributed by atoms with Crippen molar-refractivity contribution < 1.29 is 18.0 Å². The molecule has 150 valence electrons. The number of hydrogen-bond acceptors (Lipinski definition) is 4. The van der Waals surface area contributed by atoms with Crippen LogP contribution in [0.3, 0.4) is 0 Å². The van der Waals surface area contributed by atoms with Gasteiger partial charge in [0.05, 0.1) is 4.90 Å². The molecule has 2 aromatic rings. The molecule has 0 bridgehead atoms. The van der Waals surface area contributed by atoms with Gasteiger partial charge in [0.15, 0.2) is 5.78 Å². The van der Waals surface area contributed by atoms with Crippen molar-refractivity contribution in [1.82, 2.24) is 0 Å². The number of ketones is 1. The second kappa shape index (κ2) is 7.24. The molecule has 1 unspecified atom stereocenters. The fraction of sp³-hybridized carbons (Fsp3) is 0.273. The number of rotatable bonds is 3. The number of Topliss-reactive ketones (excluding diaryl/α,β-unsaturated/α-hetero) is 1. The Hall–Kier alpha value is -2.77. The molecule has 0 spiro atoms. The van der Waals surface area contributed by atoms with Crippen LogP contribution < -0.4 is 10.0 Å². The zero-order chi connectivity index (χ0) is 20.8. The summed E-state index contributed by atoms with van der Waals surface area (Å²) in [5.41, 5.74) is 4.04. The molecule has 2 aromatic carbocycles. The number of carbonyl (C=O) groups excluding carboxylic acids is 2. The zero-order valence-corrected chi connectivity index (χ0v) is 16.9. The van der Waals surface area contributed by atoms with E-state index in [1.807, 2.05) is 31.2 Å². The standard InChI is InChI=1S/C22H22N2O4S/c1-14-4-2-5-15(12-14)18-13-21(26)24(19-6-3-7-20(25)22(18)19)16-8-10-17(11-9-16)29(23,27)28/h2,4-5,8-12,18H,3,6-7,13H2,1H3,(H2,23,27,28). The summed E-state index contributed by atoms with van der Waals surface area (Å²) in [6, 6.07) is 13.8. The maximum atomic E-state index is 13.1. The predicted octanol–water partition coefficient (Wildman–Crippen LogP) is 3.17. The van der Waals surface area contributed by atoms with Crippen LogP contribution in [-0.2, 0) is 19.6 Å². The van der Waals surface area contributed by atoms with Crippen molar-refractivity contribution in [3.05, 3.63) is 70.9 Å². The third-order valence-corrected chi connectivity index (χ3v) is 6.47. The lowest BCUT2D eigenvalue weighted by Crippen LogP contribution is -2.40. The van der Waals surface area contributed by atoms with Crippen LogP contribution in [0.2, 0.25) is 0 Å². The predicted molar refractivity (Wildman–Crippen MR) is 110 cm³/mol. The number of amides is 1. The monoisotopic (exact) mass is 410 g/mol. The third kappa shape index (κ3) is 3.63. The maximum absolute atomic E-state index is 13.1. The fourth-order valence-electron chi connectivity index (χ4n) is 4.25. The molecule has 0 fully saturated rings. The Morgan fingerprint density at radius 1 is 1.03 bits per heavy atom. The van der Waals surface area contributed by atoms with Crippen molar-refractivity contribution in [2.24, 2.45) is 5.14 Å². The highest BCUT2D eigenvalue weighted by atomic mass is 32.2. The van der Waals surface area contributed by atoms with Gasteiger partial charge in [-0.25, -0.2) is 13.6 Å². The van der Waals surface area contributed by atoms with E-state index in [0.717, 1.165) is 16.8 Å². The molecular weight excluding hydrogens is 388 g/mol. The molecule has 7 heteroatoms. The van der Waals surface area contributed by atoms with E-state index in [-0.39, 0.29) is 28.9 Å². The normalized spacial score (nSPS) is 20.1. The van der Waals surface area contributed by atoms with Gasteiger partial charge in [-0.05, 0) is 49.6 Å². The molecule has 1 aliphatic carbocycles. The highest BCUT2D eigenvalue weighted by Crippen LogP contribution is 2.43. The van der Waals surface area contributed by atoms with Gasteiger partial charge in [0.2, 0.25) is 15.9 Å². The van der Waals surface area contributed by atoms with Crippen LogP contribution in [0.5, 0.6) is 0 Å². The molecule has 29 heavy (non-hydrogen) atoms. The molecule has 1 heterocycles. The Balaban J connectivity index is 1.82. The van der Waals surface area contributed by atoms with Gasteiger partial charge in [-0.3, -0.25) is 14.5 Å². The summed E-state index contributed by atoms with van der Waals surface area (Å²) in [5, 5.41) is 5.17. The summed E-state index contributed by atoms with van der Waals surface area (Å²) in [5.74, 6) is -0.269. The average molecular weight is 410 g/mol. The van der Waals surface area contributed by atoms with E-state index >= 15 is 0 Å². The number of primary sulfonamides is 1. The minimum atomic E-state index is -3.81. The van der Waals surface area contributed by atoms with Gasteiger partial charge >= 0.3 is 0 Å². The lowest BCUT2D eigenvalue weighted by atomic mass is 9.77. The van der Waals surface area contributed by atoms with E-state index in [1.165, 1.54) is 12.1 Å². The number of hydrogen-bond donors (Lipinski definition) is 1. The number of allylic oxidation sites excluding steroid dienone is 2. The van der Waals surface area contributed by atoms with Gasteiger partial charge in [0.25, 0.3) is 0 Å². The second-order valence-electron chi connectivity index (χ2n) is 7.58. The summed E-state index contributed by atoms with van der Waals surface area (Å²) in [4.78, 5) is 27.6. The van der Waals surface area contributed by atoms with Gasteiger partial charge < -0.3 is 0 Å². The van der Waals surface area contributed by atoms with Crippen molar-refractivity contribution >= 4 is 27.4 Å². The van der Waals surface area contributed by atoms with Crippen LogP contribution in [0.1, 0.15) is 42.7 Å². The van der Waals surface area contributed by atoms with E-state index in [1.54, 1.807) is 17.0 Å². The Bertz CT molecular complexity index is 1130. The van der Waals surface area contributed by atoms with Crippen LogP contribution in [-0.4, -0.2) is 20.1 Å². The zero-order valence-electron chi connectivity index (χ0n) is 16.1. The molecule has 6 nitrogen and oxygen atoms in total. The van der Waals surface area contributed by atoms with Crippen molar-refractivity contribution in [2.75, 3.05) is 4.90 Å². The quantitative estimate of drug-likeness (QED) is 0.840. The molecule has 0 radical (unpaired) electrons. The van der Waals surface area contributed by atoms with Crippen LogP contribution in [0.15, 0.2) is 64.7 Å². The Kier molecular flexibility index (Phi) is 4.88. The highest BCUT2D eigenvalue weighted by Gasteiger charge is 2.39. The van der Waals surface area contributed by atoms with Gasteiger partial charge in [-0.1, -0.05) is 29.8 Å². The molecule has 1 amide bonds. The van der Waals surface area contributed by atoms with Gasteiger partial charge in [0.1, 0.15) is 0 Å². The number of nitrogens with zero attached hydrogens (tertiary/aromatic N) is 1. The third-order valence-electron chi connectivity index (χ3n) is 5.54. The first kappa shape index (κ1) is 19.5. The number of nitrogens with two attached hydrogens (primary N) is 1. The smallest absolute Gasteiger partial charge is 0.238 e. The van der Waals surface area contributed by atoms with Crippen LogP contribution in [0, 0.1) is 6.92 Å². The summed E-state index contributed by atoms with van der Waals surface area (Å²) < 4.78 is 23.1. The lowest BCUT2D eigenvalue weighted by Gasteiger charge is -2.38. The summed E-state index contributed by atoms with van der Waals surface area (Å²) >= 11 is 0. The van der Waals surface area contributed by atoms with Crippen LogP contribution in [0.4, 0.5) is 5.69 Å². The number of carbonyl (C=O) groups is 2. The number of sulfonamides is 1. The minimum Gasteiger partial charge on any atom is -0.294 e. The fourth-order valence-corrected chi connectivity index (χ4v) is 4.76. The van der Waals surface area contributed by atoms with Gasteiger partial charge in [0, 0.05) is 35.7 Å². The van der Waals surface area contributed by atoms with Crippen molar-refractivity contribution in [3.8, 4) is 0 Å². The maximum Gasteiger partial charge on any atom is 0.238 e. The van der Waals surface area contributed by atoms with Gasteiger partial charge in [-0.2, -0.15) is 0 Å². The van der Waals surface area contributed by atoms with Gasteiger partial charge in [-0.15, -0.1) is 0 Å². The highest BCUT2D eigenvalue weighted by molar-refractivity contribution is 7.89. The second-order valence-corrected chi connectivity index (χ2v) is 9.14. The molecule has 4 rings (SSSR count). The Labute approximate surface area is 170 Å². The first-order valence-corrected chi connectivity index (χ1v) is 11.1. The van der Waals surface area contributed by atoms with Crippen LogP contribution >= 0.6 is 0 Å². The Morgan fingerprint density at radius 3 is 2.41 bits per heavy atom. The van der Waals surface area contributed by atoms with Crippen molar-refractivity contribution in [3.63, 3.8) is 0 Å². The summed E-state index contributed by atoms with van der Waals surface area (Å²) in [6.07, 6.45) is 2.00.